The number of hydrogen-bond donors (Lipinski definition) is 3. The quantitative estimate of drug-likeness (QED) is 0.228. The fourth-order valence-corrected chi connectivity index (χ4v) is 5.47. The number of ether oxygens (including phenoxy) is 2. The average molecular weight is 591 g/mol. The number of aromatic amines is 1. The number of aliphatic hydroxyl groups excluding tert-OH is 1. The number of nitrogens with zero attached hydrogens (tertiary/aromatic N) is 3. The summed E-state index contributed by atoms with van der Waals surface area (Å²) in [5.41, 5.74) is -3.83. The maximum absolute atomic E-state index is 15.5. The highest BCUT2D eigenvalue weighted by atomic mass is 32.1. The van der Waals surface area contributed by atoms with Gasteiger partial charge < -0.3 is 19.1 Å². The lowest BCUT2D eigenvalue weighted by Gasteiger charge is -2.24. The van der Waals surface area contributed by atoms with E-state index in [2.05, 4.69) is 13.8 Å². The Balaban J connectivity index is 1.56. The predicted molar refractivity (Wildman–Crippen MR) is 132 cm³/mol. The van der Waals surface area contributed by atoms with Gasteiger partial charge >= 0.3 is 19.4 Å². The zero-order valence-corrected chi connectivity index (χ0v) is 22.4. The van der Waals surface area contributed by atoms with Crippen LogP contribution in [0.25, 0.3) is 11.0 Å². The lowest BCUT2D eigenvalue weighted by Crippen LogP contribution is -2.43. The van der Waals surface area contributed by atoms with Gasteiger partial charge in [-0.25, -0.2) is 23.2 Å². The van der Waals surface area contributed by atoms with Crippen LogP contribution in [0.5, 0.6) is 5.75 Å². The first kappa shape index (κ1) is 28.9. The number of esters is 1. The number of fused-ring (bicyclic) bond motifs is 1. The Hall–Kier alpha value is -3.08. The molecule has 1 aliphatic rings. The van der Waals surface area contributed by atoms with E-state index in [1.54, 1.807) is 13.8 Å². The minimum Gasteiger partial charge on any atom is -0.462 e. The van der Waals surface area contributed by atoms with Gasteiger partial charge in [-0.15, -0.1) is 0 Å². The highest BCUT2D eigenvalue weighted by Crippen LogP contribution is 2.47. The fourth-order valence-electron chi connectivity index (χ4n) is 3.69. The summed E-state index contributed by atoms with van der Waals surface area (Å²) in [7, 11) is -4.62. The van der Waals surface area contributed by atoms with Crippen LogP contribution in [0.4, 0.5) is 8.78 Å². The van der Waals surface area contributed by atoms with E-state index in [1.165, 1.54) is 0 Å². The van der Waals surface area contributed by atoms with Gasteiger partial charge in [-0.2, -0.15) is 8.75 Å². The number of hydrogen-bond acceptors (Lipinski definition) is 12. The van der Waals surface area contributed by atoms with E-state index in [9.17, 15) is 28.4 Å². The number of carbonyl (C=O) groups is 1. The summed E-state index contributed by atoms with van der Waals surface area (Å²) in [6.45, 7) is 2.67. The van der Waals surface area contributed by atoms with Crippen molar-refractivity contribution in [1.82, 2.24) is 23.4 Å². The van der Waals surface area contributed by atoms with Crippen LogP contribution in [0.3, 0.4) is 0 Å². The van der Waals surface area contributed by atoms with Crippen LogP contribution in [-0.2, 0) is 23.4 Å². The molecular weight excluding hydrogens is 567 g/mol. The number of H-pyrrole nitrogens is 1. The van der Waals surface area contributed by atoms with E-state index in [4.69, 9.17) is 18.5 Å². The van der Waals surface area contributed by atoms with Crippen molar-refractivity contribution in [3.63, 3.8) is 0 Å². The Labute approximate surface area is 222 Å². The zero-order valence-electron chi connectivity index (χ0n) is 20.7. The molecule has 18 heteroatoms. The largest absolute Gasteiger partial charge is 0.462 e. The van der Waals surface area contributed by atoms with Gasteiger partial charge in [0.15, 0.2) is 23.5 Å². The van der Waals surface area contributed by atoms with Gasteiger partial charge in [-0.3, -0.25) is 23.7 Å². The molecule has 4 rings (SSSR count). The number of carbonyl (C=O) groups excluding carboxylic acids is 1. The summed E-state index contributed by atoms with van der Waals surface area (Å²) < 4.78 is 73.4. The van der Waals surface area contributed by atoms with Crippen molar-refractivity contribution in [3.8, 4) is 5.75 Å². The minimum atomic E-state index is -4.62. The third-order valence-corrected chi connectivity index (χ3v) is 7.57. The van der Waals surface area contributed by atoms with Crippen molar-refractivity contribution in [2.45, 2.75) is 51.0 Å². The van der Waals surface area contributed by atoms with Gasteiger partial charge in [0.05, 0.1) is 24.4 Å². The molecule has 2 aromatic heterocycles. The minimum absolute atomic E-state index is 0.224. The van der Waals surface area contributed by atoms with Crippen molar-refractivity contribution in [2.24, 2.45) is 0 Å². The number of benzene rings is 1. The van der Waals surface area contributed by atoms with Crippen LogP contribution in [-0.4, -0.2) is 66.5 Å². The van der Waals surface area contributed by atoms with Gasteiger partial charge in [-0.05, 0) is 20.8 Å². The van der Waals surface area contributed by atoms with Crippen LogP contribution in [0.15, 0.2) is 34.0 Å². The summed E-state index contributed by atoms with van der Waals surface area (Å²) in [6, 6.07) is 3.08. The molecule has 1 unspecified atom stereocenters. The highest BCUT2D eigenvalue weighted by molar-refractivity contribution is 7.52. The second-order valence-electron chi connectivity index (χ2n) is 8.93. The first-order chi connectivity index (χ1) is 18.3. The third kappa shape index (κ3) is 6.40. The second-order valence-corrected chi connectivity index (χ2v) is 11.2. The Morgan fingerprint density at radius 2 is 2.05 bits per heavy atom. The number of alkyl halides is 1. The van der Waals surface area contributed by atoms with E-state index >= 15 is 4.39 Å². The summed E-state index contributed by atoms with van der Waals surface area (Å²) in [5.74, 6) is -2.34. The van der Waals surface area contributed by atoms with Crippen molar-refractivity contribution in [1.29, 1.82) is 0 Å². The maximum Gasteiger partial charge on any atom is 0.459 e. The van der Waals surface area contributed by atoms with Crippen LogP contribution < -0.4 is 20.9 Å². The Morgan fingerprint density at radius 3 is 2.72 bits per heavy atom. The molecule has 1 fully saturated rings. The molecule has 39 heavy (non-hydrogen) atoms. The molecule has 1 aliphatic heterocycles. The fraction of sp³-hybridized carbons (Fsp3) is 0.476. The molecule has 0 aliphatic carbocycles. The first-order valence-electron chi connectivity index (χ1n) is 11.4. The SMILES string of the molecule is CC(C)OC(=O)CNP(=O)(OC[C@H]1O[C@@H](n2ccc(=O)[nH]c2=O)[C@](C)(F)[C@@H]1O)Oc1cc2nsnc2cc1F. The molecular formula is C21H24F2N5O9PS. The molecule has 3 aromatic rings. The van der Waals surface area contributed by atoms with E-state index < -0.39 is 79.9 Å². The maximum atomic E-state index is 15.5. The monoisotopic (exact) mass is 591 g/mol. The highest BCUT2D eigenvalue weighted by Gasteiger charge is 2.55. The van der Waals surface area contributed by atoms with Crippen LogP contribution >= 0.6 is 19.5 Å². The Morgan fingerprint density at radius 1 is 1.36 bits per heavy atom. The molecule has 1 aromatic carbocycles. The molecule has 0 spiro atoms. The Kier molecular flexibility index (Phi) is 8.30. The second kappa shape index (κ2) is 11.2. The van der Waals surface area contributed by atoms with Crippen LogP contribution in [0, 0.1) is 5.82 Å². The van der Waals surface area contributed by atoms with Gasteiger partial charge in [0.25, 0.3) is 5.56 Å². The first-order valence-corrected chi connectivity index (χ1v) is 13.7. The number of aromatic nitrogens is 4. The molecule has 0 bridgehead atoms. The lowest BCUT2D eigenvalue weighted by atomic mass is 9.98. The smallest absolute Gasteiger partial charge is 0.459 e. The molecule has 3 heterocycles. The zero-order chi connectivity index (χ0) is 28.5. The molecule has 0 radical (unpaired) electrons. The average Bonchev–Trinajstić information content (AvgIpc) is 3.38. The van der Waals surface area contributed by atoms with Gasteiger partial charge in [0.2, 0.25) is 0 Å². The predicted octanol–water partition coefficient (Wildman–Crippen LogP) is 1.41. The molecule has 212 valence electrons. The summed E-state index contributed by atoms with van der Waals surface area (Å²) in [4.78, 5) is 37.5. The third-order valence-electron chi connectivity index (χ3n) is 5.54. The van der Waals surface area contributed by atoms with Gasteiger partial charge in [-0.1, -0.05) is 0 Å². The Bertz CT molecular complexity index is 1530. The molecule has 1 saturated heterocycles. The van der Waals surface area contributed by atoms with Crippen molar-refractivity contribution < 1.29 is 41.8 Å². The van der Waals surface area contributed by atoms with Crippen molar-refractivity contribution in [2.75, 3.05) is 13.2 Å². The van der Waals surface area contributed by atoms with Gasteiger partial charge in [0.1, 0.15) is 29.8 Å². The number of halogens is 2. The standard InChI is InChI=1S/C21H24F2N5O9PS/c1-10(2)35-17(30)8-24-38(33,37-14-7-13-12(6-11(14)22)26-39-27-13)34-9-15-18(31)21(3,23)19(36-15)28-5-4-16(29)25-20(28)32/h4-7,10,15,18-19,31H,8-9H2,1-3H3,(H,24,33)(H,25,29,32)/t15-,18-,19-,21-,38?/m1/s1. The molecule has 14 nitrogen and oxygen atoms in total. The van der Waals surface area contributed by atoms with E-state index in [1.807, 2.05) is 4.98 Å². The van der Waals surface area contributed by atoms with Crippen molar-refractivity contribution in [3.05, 3.63) is 51.1 Å². The summed E-state index contributed by atoms with van der Waals surface area (Å²) in [6.07, 6.45) is -4.62. The van der Waals surface area contributed by atoms with E-state index in [-0.39, 0.29) is 11.0 Å². The molecule has 5 atom stereocenters. The van der Waals surface area contributed by atoms with Crippen LogP contribution in [0.2, 0.25) is 0 Å². The molecule has 0 saturated carbocycles. The van der Waals surface area contributed by atoms with Crippen LogP contribution in [0.1, 0.15) is 27.0 Å². The number of rotatable bonds is 10. The number of aliphatic hydroxyl groups is 1. The molecule has 3 N–H and O–H groups in total. The normalized spacial score (nSPS) is 24.6. The topological polar surface area (TPSA) is 184 Å². The van der Waals surface area contributed by atoms with Crippen molar-refractivity contribution >= 4 is 36.5 Å². The number of nitrogens with one attached hydrogen (secondary N) is 2. The lowest BCUT2D eigenvalue weighted by molar-refractivity contribution is -0.146. The molecule has 0 amide bonds. The van der Waals surface area contributed by atoms with E-state index in [0.29, 0.717) is 0 Å². The van der Waals surface area contributed by atoms with E-state index in [0.717, 1.165) is 47.6 Å². The summed E-state index contributed by atoms with van der Waals surface area (Å²) >= 11 is 0.812. The van der Waals surface area contributed by atoms with Gasteiger partial charge in [0, 0.05) is 24.4 Å². The summed E-state index contributed by atoms with van der Waals surface area (Å²) in [5, 5.41) is 12.8.